The predicted octanol–water partition coefficient (Wildman–Crippen LogP) is 2.97. The van der Waals surface area contributed by atoms with E-state index in [0.29, 0.717) is 0 Å². The highest BCUT2D eigenvalue weighted by atomic mass is 32.2. The molecule has 0 spiro atoms. The fraction of sp³-hybridized carbons (Fsp3) is 0.462. The molecule has 0 bridgehead atoms. The van der Waals surface area contributed by atoms with Crippen LogP contribution in [0.15, 0.2) is 29.3 Å². The van der Waals surface area contributed by atoms with Gasteiger partial charge in [0.15, 0.2) is 5.17 Å². The third-order valence-electron chi connectivity index (χ3n) is 2.50. The van der Waals surface area contributed by atoms with Crippen molar-refractivity contribution < 1.29 is 0 Å². The van der Waals surface area contributed by atoms with E-state index in [1.54, 1.807) is 0 Å². The van der Waals surface area contributed by atoms with Crippen LogP contribution in [0.5, 0.6) is 0 Å². The topological polar surface area (TPSA) is 24.4 Å². The van der Waals surface area contributed by atoms with E-state index in [-0.39, 0.29) is 5.54 Å². The molecule has 2 rings (SSSR count). The van der Waals surface area contributed by atoms with E-state index in [1.807, 2.05) is 11.8 Å². The Labute approximate surface area is 102 Å². The molecule has 0 unspecified atom stereocenters. The molecule has 86 valence electrons. The summed E-state index contributed by atoms with van der Waals surface area (Å²) in [4.78, 5) is 4.60. The van der Waals surface area contributed by atoms with Crippen LogP contribution in [-0.4, -0.2) is 16.5 Å². The molecule has 0 saturated carbocycles. The van der Waals surface area contributed by atoms with Crippen molar-refractivity contribution in [2.24, 2.45) is 4.99 Å². The fourth-order valence-corrected chi connectivity index (χ4v) is 2.74. The number of nitrogens with zero attached hydrogens (tertiary/aromatic N) is 1. The van der Waals surface area contributed by atoms with Crippen LogP contribution >= 0.6 is 11.8 Å². The van der Waals surface area contributed by atoms with Crippen LogP contribution < -0.4 is 5.32 Å². The number of benzene rings is 1. The van der Waals surface area contributed by atoms with E-state index >= 15 is 0 Å². The monoisotopic (exact) mass is 234 g/mol. The van der Waals surface area contributed by atoms with Crippen molar-refractivity contribution in [2.75, 3.05) is 5.75 Å². The highest BCUT2D eigenvalue weighted by molar-refractivity contribution is 8.14. The minimum absolute atomic E-state index is 0.191. The summed E-state index contributed by atoms with van der Waals surface area (Å²) in [5, 5.41) is 4.50. The van der Waals surface area contributed by atoms with Crippen molar-refractivity contribution in [3.05, 3.63) is 35.4 Å². The molecule has 1 N–H and O–H groups in total. The Balaban J connectivity index is 2.00. The van der Waals surface area contributed by atoms with Gasteiger partial charge in [-0.15, -0.1) is 0 Å². The van der Waals surface area contributed by atoms with Crippen molar-refractivity contribution >= 4 is 16.9 Å². The minimum atomic E-state index is 0.191. The molecule has 0 aliphatic carbocycles. The van der Waals surface area contributed by atoms with Gasteiger partial charge < -0.3 is 5.32 Å². The van der Waals surface area contributed by atoms with E-state index < -0.39 is 0 Å². The predicted molar refractivity (Wildman–Crippen MR) is 72.0 cm³/mol. The smallest absolute Gasteiger partial charge is 0.157 e. The molecule has 1 aliphatic rings. The van der Waals surface area contributed by atoms with Gasteiger partial charge in [0, 0.05) is 11.3 Å². The summed E-state index contributed by atoms with van der Waals surface area (Å²) in [5.74, 6) is 1.10. The maximum atomic E-state index is 4.60. The number of hydrogen-bond donors (Lipinski definition) is 1. The van der Waals surface area contributed by atoms with Gasteiger partial charge in [0.1, 0.15) is 0 Å². The summed E-state index contributed by atoms with van der Waals surface area (Å²) < 4.78 is 0. The largest absolute Gasteiger partial charge is 0.359 e. The van der Waals surface area contributed by atoms with Gasteiger partial charge in [-0.25, -0.2) is 0 Å². The van der Waals surface area contributed by atoms with Crippen molar-refractivity contribution in [3.8, 4) is 0 Å². The molecule has 1 aliphatic heterocycles. The van der Waals surface area contributed by atoms with Crippen LogP contribution in [0.2, 0.25) is 0 Å². The number of amidine groups is 1. The van der Waals surface area contributed by atoms with E-state index in [9.17, 15) is 0 Å². The number of aliphatic imine (C=N–C) groups is 1. The van der Waals surface area contributed by atoms with Gasteiger partial charge in [-0.05, 0) is 26.3 Å². The highest BCUT2D eigenvalue weighted by Crippen LogP contribution is 2.22. The Hall–Kier alpha value is -0.960. The van der Waals surface area contributed by atoms with E-state index in [1.165, 1.54) is 11.1 Å². The Morgan fingerprint density at radius 1 is 1.44 bits per heavy atom. The molecule has 0 amide bonds. The molecule has 2 nitrogen and oxygen atoms in total. The second-order valence-electron chi connectivity index (χ2n) is 4.91. The molecule has 16 heavy (non-hydrogen) atoms. The highest BCUT2D eigenvalue weighted by Gasteiger charge is 2.26. The number of nitrogens with one attached hydrogen (secondary N) is 1. The Morgan fingerprint density at radius 3 is 2.88 bits per heavy atom. The van der Waals surface area contributed by atoms with Crippen LogP contribution in [0, 0.1) is 6.92 Å². The van der Waals surface area contributed by atoms with E-state index in [0.717, 1.165) is 17.5 Å². The number of rotatable bonds is 2. The van der Waals surface area contributed by atoms with Gasteiger partial charge in [-0.1, -0.05) is 41.6 Å². The van der Waals surface area contributed by atoms with Gasteiger partial charge in [0.25, 0.3) is 0 Å². The molecule has 1 saturated heterocycles. The third-order valence-corrected chi connectivity index (χ3v) is 3.87. The molecule has 0 atom stereocenters. The first-order valence-electron chi connectivity index (χ1n) is 5.56. The first-order valence-corrected chi connectivity index (χ1v) is 6.55. The zero-order valence-corrected chi connectivity index (χ0v) is 10.9. The van der Waals surface area contributed by atoms with E-state index in [4.69, 9.17) is 0 Å². The van der Waals surface area contributed by atoms with Crippen molar-refractivity contribution in [1.82, 2.24) is 5.32 Å². The molecule has 1 fully saturated rings. The number of thioether (sulfide) groups is 1. The molecular weight excluding hydrogens is 216 g/mol. The van der Waals surface area contributed by atoms with Crippen LogP contribution in [0.1, 0.15) is 25.0 Å². The first-order chi connectivity index (χ1) is 7.55. The lowest BCUT2D eigenvalue weighted by atomic mass is 10.1. The number of hydrogen-bond acceptors (Lipinski definition) is 2. The normalized spacial score (nSPS) is 21.1. The Bertz CT molecular complexity index is 410. The maximum absolute atomic E-state index is 4.60. The van der Waals surface area contributed by atoms with Gasteiger partial charge in [-0.3, -0.25) is 4.99 Å². The van der Waals surface area contributed by atoms with Crippen molar-refractivity contribution in [1.29, 1.82) is 0 Å². The standard InChI is InChI=1S/C13H18N2S/c1-10-5-4-6-11(7-10)8-14-12-15-13(2,3)9-16-12/h4-7H,8-9H2,1-3H3,(H,14,15). The molecule has 0 aromatic heterocycles. The summed E-state index contributed by atoms with van der Waals surface area (Å²) in [6.07, 6.45) is 0. The first kappa shape index (κ1) is 11.5. The molecule has 1 aromatic carbocycles. The zero-order valence-electron chi connectivity index (χ0n) is 10.1. The van der Waals surface area contributed by atoms with Crippen molar-refractivity contribution in [2.45, 2.75) is 32.9 Å². The van der Waals surface area contributed by atoms with E-state index in [2.05, 4.69) is 55.3 Å². The van der Waals surface area contributed by atoms with Crippen LogP contribution in [-0.2, 0) is 6.54 Å². The van der Waals surface area contributed by atoms with Gasteiger partial charge >= 0.3 is 0 Å². The lowest BCUT2D eigenvalue weighted by Crippen LogP contribution is -2.36. The molecule has 0 radical (unpaired) electrons. The molecule has 1 aromatic rings. The van der Waals surface area contributed by atoms with Crippen LogP contribution in [0.4, 0.5) is 0 Å². The summed E-state index contributed by atoms with van der Waals surface area (Å²) in [5.41, 5.74) is 2.76. The summed E-state index contributed by atoms with van der Waals surface area (Å²) in [6.45, 7) is 7.29. The Morgan fingerprint density at radius 2 is 2.25 bits per heavy atom. The quantitative estimate of drug-likeness (QED) is 0.850. The second kappa shape index (κ2) is 4.50. The minimum Gasteiger partial charge on any atom is -0.359 e. The molecule has 3 heteroatoms. The SMILES string of the molecule is Cc1cccc(CN=C2NC(C)(C)CS2)c1. The number of aryl methyl sites for hydroxylation is 1. The van der Waals surface area contributed by atoms with Crippen molar-refractivity contribution in [3.63, 3.8) is 0 Å². The Kier molecular flexibility index (Phi) is 3.24. The zero-order chi connectivity index (χ0) is 11.6. The summed E-state index contributed by atoms with van der Waals surface area (Å²) >= 11 is 1.81. The molecule has 1 heterocycles. The fourth-order valence-electron chi connectivity index (χ4n) is 1.67. The second-order valence-corrected chi connectivity index (χ2v) is 5.87. The maximum Gasteiger partial charge on any atom is 0.157 e. The van der Waals surface area contributed by atoms with Gasteiger partial charge in [0.05, 0.1) is 6.54 Å². The lowest BCUT2D eigenvalue weighted by Gasteiger charge is -2.15. The summed E-state index contributed by atoms with van der Waals surface area (Å²) in [7, 11) is 0. The molecular formula is C13H18N2S. The average molecular weight is 234 g/mol. The third kappa shape index (κ3) is 3.01. The van der Waals surface area contributed by atoms with Crippen LogP contribution in [0.25, 0.3) is 0 Å². The van der Waals surface area contributed by atoms with Crippen LogP contribution in [0.3, 0.4) is 0 Å². The lowest BCUT2D eigenvalue weighted by molar-refractivity contribution is 0.536. The summed E-state index contributed by atoms with van der Waals surface area (Å²) in [6, 6.07) is 8.52. The average Bonchev–Trinajstić information content (AvgIpc) is 2.56. The van der Waals surface area contributed by atoms with Gasteiger partial charge in [0.2, 0.25) is 0 Å². The van der Waals surface area contributed by atoms with Gasteiger partial charge in [-0.2, -0.15) is 0 Å².